The number of aryl methyl sites for hydroxylation is 1. The van der Waals surface area contributed by atoms with Crippen LogP contribution in [0.4, 0.5) is 0 Å². The summed E-state index contributed by atoms with van der Waals surface area (Å²) >= 11 is 0. The highest BCUT2D eigenvalue weighted by atomic mass is 16.5. The average Bonchev–Trinajstić information content (AvgIpc) is 2.80. The molecule has 0 saturated heterocycles. The minimum Gasteiger partial charge on any atom is -0.465 e. The molecule has 0 aromatic carbocycles. The predicted octanol–water partition coefficient (Wildman–Crippen LogP) is 0.678. The number of hydrogen-bond acceptors (Lipinski definition) is 6. The number of fused-ring (bicyclic) bond motifs is 1. The van der Waals surface area contributed by atoms with E-state index < -0.39 is 0 Å². The van der Waals surface area contributed by atoms with Crippen LogP contribution in [0.1, 0.15) is 26.6 Å². The predicted molar refractivity (Wildman–Crippen MR) is 85.9 cm³/mol. The Morgan fingerprint density at radius 1 is 1.48 bits per heavy atom. The molecule has 0 bridgehead atoms. The molecular weight excluding hydrogens is 298 g/mol. The first kappa shape index (κ1) is 17.1. The molecule has 0 spiro atoms. The van der Waals surface area contributed by atoms with Gasteiger partial charge in [-0.05, 0) is 12.8 Å². The topological polar surface area (TPSA) is 93.1 Å². The second kappa shape index (κ2) is 7.36. The van der Waals surface area contributed by atoms with E-state index in [4.69, 9.17) is 4.74 Å². The fourth-order valence-electron chi connectivity index (χ4n) is 2.46. The summed E-state index contributed by atoms with van der Waals surface area (Å²) in [6, 6.07) is 0. The number of aromatic nitrogens is 4. The zero-order valence-electron chi connectivity index (χ0n) is 14.0. The number of carbonyl (C=O) groups excluding carboxylic acids is 1. The van der Waals surface area contributed by atoms with Gasteiger partial charge in [0.25, 0.3) is 5.56 Å². The Kier molecular flexibility index (Phi) is 5.49. The molecule has 0 unspecified atom stereocenters. The van der Waals surface area contributed by atoms with Crippen molar-refractivity contribution in [2.75, 3.05) is 19.7 Å². The molecule has 0 amide bonds. The minimum absolute atomic E-state index is 0.166. The fourth-order valence-corrected chi connectivity index (χ4v) is 2.46. The maximum absolute atomic E-state index is 12.1. The largest absolute Gasteiger partial charge is 0.465 e. The number of ether oxygens (including phenoxy) is 1. The maximum atomic E-state index is 12.1. The van der Waals surface area contributed by atoms with Gasteiger partial charge in [-0.15, -0.1) is 0 Å². The molecule has 2 aromatic heterocycles. The zero-order chi connectivity index (χ0) is 17.0. The molecular formula is C15H23N5O3. The van der Waals surface area contributed by atoms with Crippen molar-refractivity contribution >= 4 is 17.0 Å². The third-order valence-electron chi connectivity index (χ3n) is 3.31. The van der Waals surface area contributed by atoms with Gasteiger partial charge in [0.1, 0.15) is 11.2 Å². The lowest BCUT2D eigenvalue weighted by Gasteiger charge is -2.22. The highest BCUT2D eigenvalue weighted by Gasteiger charge is 2.16. The molecule has 0 radical (unpaired) electrons. The van der Waals surface area contributed by atoms with Gasteiger partial charge in [0, 0.05) is 13.6 Å². The lowest BCUT2D eigenvalue weighted by molar-refractivity contribution is -0.144. The van der Waals surface area contributed by atoms with E-state index in [1.54, 1.807) is 18.7 Å². The summed E-state index contributed by atoms with van der Waals surface area (Å²) in [5, 5.41) is 4.50. The number of aromatic amines is 1. The summed E-state index contributed by atoms with van der Waals surface area (Å²) in [4.78, 5) is 33.0. The average molecular weight is 321 g/mol. The van der Waals surface area contributed by atoms with Crippen LogP contribution < -0.4 is 5.56 Å². The van der Waals surface area contributed by atoms with Gasteiger partial charge in [0.2, 0.25) is 0 Å². The van der Waals surface area contributed by atoms with Gasteiger partial charge in [0.05, 0.1) is 25.9 Å². The Hall–Kier alpha value is -2.22. The zero-order valence-corrected chi connectivity index (χ0v) is 14.0. The number of hydrogen-bond donors (Lipinski definition) is 1. The summed E-state index contributed by atoms with van der Waals surface area (Å²) in [6.45, 7) is 7.50. The molecule has 0 fully saturated rings. The Morgan fingerprint density at radius 2 is 2.22 bits per heavy atom. The Labute approximate surface area is 134 Å². The van der Waals surface area contributed by atoms with Crippen molar-refractivity contribution in [3.63, 3.8) is 0 Å². The first-order valence-corrected chi connectivity index (χ1v) is 7.69. The quantitative estimate of drug-likeness (QED) is 0.754. The standard InChI is InChI=1S/C15H23N5O3/c1-5-23-13(21)9-20(7-10(2)3)8-12-17-14-11(15(22)18-12)6-16-19(14)4/h6,10H,5,7-9H2,1-4H3,(H,17,18,22). The van der Waals surface area contributed by atoms with Crippen molar-refractivity contribution in [3.8, 4) is 0 Å². The highest BCUT2D eigenvalue weighted by molar-refractivity contribution is 5.73. The van der Waals surface area contributed by atoms with Crippen molar-refractivity contribution < 1.29 is 9.53 Å². The number of nitrogens with zero attached hydrogens (tertiary/aromatic N) is 4. The summed E-state index contributed by atoms with van der Waals surface area (Å²) in [5.74, 6) is 0.602. The number of carbonyl (C=O) groups is 1. The van der Waals surface area contributed by atoms with Crippen LogP contribution in [0, 0.1) is 5.92 Å². The second-order valence-corrected chi connectivity index (χ2v) is 5.89. The van der Waals surface area contributed by atoms with E-state index in [1.165, 1.54) is 6.20 Å². The Balaban J connectivity index is 2.22. The number of esters is 1. The van der Waals surface area contributed by atoms with Gasteiger partial charge in [-0.1, -0.05) is 13.8 Å². The molecule has 0 saturated carbocycles. The van der Waals surface area contributed by atoms with Gasteiger partial charge in [-0.25, -0.2) is 4.98 Å². The third-order valence-corrected chi connectivity index (χ3v) is 3.31. The van der Waals surface area contributed by atoms with Crippen LogP contribution >= 0.6 is 0 Å². The molecule has 126 valence electrons. The molecule has 0 aliphatic heterocycles. The number of H-pyrrole nitrogens is 1. The van der Waals surface area contributed by atoms with Crippen LogP contribution in [-0.4, -0.2) is 50.3 Å². The normalized spacial score (nSPS) is 11.6. The van der Waals surface area contributed by atoms with Crippen molar-refractivity contribution in [1.82, 2.24) is 24.6 Å². The lowest BCUT2D eigenvalue weighted by atomic mass is 10.2. The van der Waals surface area contributed by atoms with Crippen molar-refractivity contribution in [2.45, 2.75) is 27.3 Å². The summed E-state index contributed by atoms with van der Waals surface area (Å²) in [5.41, 5.74) is 0.308. The van der Waals surface area contributed by atoms with Crippen molar-refractivity contribution in [3.05, 3.63) is 22.4 Å². The van der Waals surface area contributed by atoms with Gasteiger partial charge in [0.15, 0.2) is 5.65 Å². The highest BCUT2D eigenvalue weighted by Crippen LogP contribution is 2.08. The van der Waals surface area contributed by atoms with E-state index in [9.17, 15) is 9.59 Å². The Bertz CT molecular complexity index is 734. The van der Waals surface area contributed by atoms with Gasteiger partial charge in [-0.2, -0.15) is 5.10 Å². The smallest absolute Gasteiger partial charge is 0.320 e. The molecule has 2 rings (SSSR count). The summed E-state index contributed by atoms with van der Waals surface area (Å²) in [7, 11) is 1.74. The summed E-state index contributed by atoms with van der Waals surface area (Å²) < 4.78 is 6.57. The van der Waals surface area contributed by atoms with Gasteiger partial charge < -0.3 is 9.72 Å². The van der Waals surface area contributed by atoms with E-state index in [1.807, 2.05) is 4.90 Å². The van der Waals surface area contributed by atoms with Crippen LogP contribution in [-0.2, 0) is 23.1 Å². The van der Waals surface area contributed by atoms with Crippen LogP contribution in [0.15, 0.2) is 11.0 Å². The molecule has 0 atom stereocenters. The molecule has 1 N–H and O–H groups in total. The molecule has 8 nitrogen and oxygen atoms in total. The lowest BCUT2D eigenvalue weighted by Crippen LogP contribution is -2.34. The maximum Gasteiger partial charge on any atom is 0.320 e. The Morgan fingerprint density at radius 3 is 2.87 bits per heavy atom. The summed E-state index contributed by atoms with van der Waals surface area (Å²) in [6.07, 6.45) is 1.50. The van der Waals surface area contributed by atoms with Gasteiger partial charge >= 0.3 is 5.97 Å². The SMILES string of the molecule is CCOC(=O)CN(Cc1nc2c(cnn2C)c(=O)[nH]1)CC(C)C. The van der Waals surface area contributed by atoms with Crippen LogP contribution in [0.3, 0.4) is 0 Å². The van der Waals surface area contributed by atoms with E-state index >= 15 is 0 Å². The van der Waals surface area contributed by atoms with E-state index in [2.05, 4.69) is 28.9 Å². The van der Waals surface area contributed by atoms with Crippen LogP contribution in [0.25, 0.3) is 11.0 Å². The van der Waals surface area contributed by atoms with Crippen LogP contribution in [0.5, 0.6) is 0 Å². The first-order valence-electron chi connectivity index (χ1n) is 7.69. The van der Waals surface area contributed by atoms with Gasteiger partial charge in [-0.3, -0.25) is 19.2 Å². The monoisotopic (exact) mass is 321 g/mol. The molecule has 2 heterocycles. The minimum atomic E-state index is -0.280. The van der Waals surface area contributed by atoms with Crippen molar-refractivity contribution in [1.29, 1.82) is 0 Å². The molecule has 8 heteroatoms. The third kappa shape index (κ3) is 4.38. The first-order chi connectivity index (χ1) is 10.9. The van der Waals surface area contributed by atoms with E-state index in [-0.39, 0.29) is 18.1 Å². The molecule has 2 aromatic rings. The molecule has 0 aliphatic rings. The van der Waals surface area contributed by atoms with Crippen LogP contribution in [0.2, 0.25) is 0 Å². The fraction of sp³-hybridized carbons (Fsp3) is 0.600. The van der Waals surface area contributed by atoms with E-state index in [0.717, 1.165) is 0 Å². The van der Waals surface area contributed by atoms with Crippen molar-refractivity contribution in [2.24, 2.45) is 13.0 Å². The molecule has 23 heavy (non-hydrogen) atoms. The number of rotatable bonds is 7. The second-order valence-electron chi connectivity index (χ2n) is 5.89. The number of nitrogens with one attached hydrogen (secondary N) is 1. The van der Waals surface area contributed by atoms with E-state index in [0.29, 0.717) is 42.5 Å². The molecule has 0 aliphatic carbocycles.